The maximum Gasteiger partial charge on any atom is 0.276 e. The van der Waals surface area contributed by atoms with E-state index in [2.05, 4.69) is 15.5 Å². The molecule has 8 heteroatoms. The summed E-state index contributed by atoms with van der Waals surface area (Å²) in [6, 6.07) is 12.8. The number of hydrogen-bond donors (Lipinski definition) is 1. The Labute approximate surface area is 152 Å². The van der Waals surface area contributed by atoms with Gasteiger partial charge in [0.1, 0.15) is 5.82 Å². The molecule has 0 saturated carbocycles. The number of nitrogens with one attached hydrogen (secondary N) is 1. The molecule has 1 saturated heterocycles. The predicted octanol–water partition coefficient (Wildman–Crippen LogP) is 3.01. The van der Waals surface area contributed by atoms with Crippen molar-refractivity contribution in [3.63, 3.8) is 0 Å². The number of amides is 2. The first-order chi connectivity index (χ1) is 12.5. The van der Waals surface area contributed by atoms with E-state index in [1.54, 1.807) is 19.1 Å². The zero-order chi connectivity index (χ0) is 18.3. The number of amidine groups is 1. The van der Waals surface area contributed by atoms with Gasteiger partial charge in [-0.3, -0.25) is 14.5 Å². The molecule has 2 amide bonds. The van der Waals surface area contributed by atoms with Crippen LogP contribution in [0.25, 0.3) is 0 Å². The number of fused-ring (bicyclic) bond motifs is 1. The van der Waals surface area contributed by atoms with E-state index < -0.39 is 0 Å². The highest BCUT2D eigenvalue weighted by Gasteiger charge is 2.36. The van der Waals surface area contributed by atoms with Gasteiger partial charge in [-0.15, -0.1) is 10.2 Å². The number of thioether (sulfide) groups is 1. The van der Waals surface area contributed by atoms with Crippen molar-refractivity contribution in [2.75, 3.05) is 10.2 Å². The summed E-state index contributed by atoms with van der Waals surface area (Å²) in [5, 5.41) is 11.0. The Kier molecular flexibility index (Phi) is 4.04. The monoisotopic (exact) mass is 368 g/mol. The molecule has 0 aliphatic carbocycles. The van der Waals surface area contributed by atoms with Gasteiger partial charge in [-0.2, -0.15) is 0 Å². The lowest BCUT2D eigenvalue weighted by Crippen LogP contribution is -2.31. The zero-order valence-electron chi connectivity index (χ0n) is 13.6. The highest BCUT2D eigenvalue weighted by molar-refractivity contribution is 8.16. The van der Waals surface area contributed by atoms with Crippen LogP contribution in [0.1, 0.15) is 12.5 Å². The fraction of sp³-hybridized carbons (Fsp3) is 0.111. The SMILES string of the molecule is CC1S/C(=N\N=C2\C(=O)Nc3ccccc32)N(c2ccc(F)cc2)C1=O. The molecule has 2 aromatic carbocycles. The van der Waals surface area contributed by atoms with Crippen LogP contribution < -0.4 is 10.2 Å². The Bertz CT molecular complexity index is 971. The van der Waals surface area contributed by atoms with Gasteiger partial charge in [0.25, 0.3) is 5.91 Å². The number of carbonyl (C=O) groups is 2. The number of halogens is 1. The van der Waals surface area contributed by atoms with Crippen LogP contribution in [0.4, 0.5) is 15.8 Å². The molecule has 0 bridgehead atoms. The molecule has 2 aliphatic heterocycles. The van der Waals surface area contributed by atoms with Crippen LogP contribution in [0.15, 0.2) is 58.7 Å². The Morgan fingerprint density at radius 2 is 1.81 bits per heavy atom. The molecule has 0 radical (unpaired) electrons. The van der Waals surface area contributed by atoms with E-state index in [9.17, 15) is 14.0 Å². The average molecular weight is 368 g/mol. The van der Waals surface area contributed by atoms with Crippen LogP contribution >= 0.6 is 11.8 Å². The fourth-order valence-electron chi connectivity index (χ4n) is 2.73. The molecule has 2 aromatic rings. The molecular formula is C18H13FN4O2S. The lowest BCUT2D eigenvalue weighted by molar-refractivity contribution is -0.116. The van der Waals surface area contributed by atoms with E-state index in [1.807, 2.05) is 12.1 Å². The van der Waals surface area contributed by atoms with Gasteiger partial charge in [-0.05, 0) is 37.3 Å². The maximum atomic E-state index is 13.2. The normalized spacial score (nSPS) is 22.2. The summed E-state index contributed by atoms with van der Waals surface area (Å²) in [6.07, 6.45) is 0. The minimum absolute atomic E-state index is 0.170. The number of carbonyl (C=O) groups excluding carboxylic acids is 2. The van der Waals surface area contributed by atoms with Crippen molar-refractivity contribution in [1.29, 1.82) is 0 Å². The zero-order valence-corrected chi connectivity index (χ0v) is 14.5. The Morgan fingerprint density at radius 1 is 1.08 bits per heavy atom. The molecule has 6 nitrogen and oxygen atoms in total. The van der Waals surface area contributed by atoms with Crippen molar-refractivity contribution in [1.82, 2.24) is 0 Å². The van der Waals surface area contributed by atoms with Crippen molar-refractivity contribution in [2.24, 2.45) is 10.2 Å². The molecule has 1 N–H and O–H groups in total. The van der Waals surface area contributed by atoms with E-state index in [-0.39, 0.29) is 28.6 Å². The quantitative estimate of drug-likeness (QED) is 0.828. The summed E-state index contributed by atoms with van der Waals surface area (Å²) < 4.78 is 13.2. The van der Waals surface area contributed by atoms with Crippen molar-refractivity contribution in [3.05, 3.63) is 59.9 Å². The summed E-state index contributed by atoms with van der Waals surface area (Å²) >= 11 is 1.24. The number of nitrogens with zero attached hydrogens (tertiary/aromatic N) is 3. The Hall–Kier alpha value is -3.00. The Morgan fingerprint density at radius 3 is 2.58 bits per heavy atom. The third-order valence-corrected chi connectivity index (χ3v) is 5.04. The van der Waals surface area contributed by atoms with Crippen LogP contribution in [0.5, 0.6) is 0 Å². The number of anilines is 2. The molecule has 1 unspecified atom stereocenters. The standard InChI is InChI=1S/C18H13FN4O2S/c1-10-17(25)23(12-8-6-11(19)7-9-12)18(26-10)22-21-15-13-4-2-3-5-14(13)20-16(15)24/h2-10H,1H3,(H,20,21,24)/b22-18-. The first-order valence-electron chi connectivity index (χ1n) is 7.87. The molecule has 130 valence electrons. The van der Waals surface area contributed by atoms with Crippen LogP contribution in [0.3, 0.4) is 0 Å². The lowest BCUT2D eigenvalue weighted by Gasteiger charge is -2.15. The third kappa shape index (κ3) is 2.78. The van der Waals surface area contributed by atoms with Gasteiger partial charge in [-0.25, -0.2) is 4.39 Å². The third-order valence-electron chi connectivity index (χ3n) is 4.01. The summed E-state index contributed by atoms with van der Waals surface area (Å²) in [7, 11) is 0. The van der Waals surface area contributed by atoms with Crippen molar-refractivity contribution < 1.29 is 14.0 Å². The van der Waals surface area contributed by atoms with Gasteiger partial charge < -0.3 is 5.32 Å². The van der Waals surface area contributed by atoms with Gasteiger partial charge in [-0.1, -0.05) is 30.0 Å². The molecule has 1 atom stereocenters. The van der Waals surface area contributed by atoms with Crippen LogP contribution in [0.2, 0.25) is 0 Å². The summed E-state index contributed by atoms with van der Waals surface area (Å²) in [5.74, 6) is -0.901. The Balaban J connectivity index is 1.72. The minimum atomic E-state index is -0.390. The molecule has 1 fully saturated rings. The highest BCUT2D eigenvalue weighted by atomic mass is 32.2. The summed E-state index contributed by atoms with van der Waals surface area (Å²) in [6.45, 7) is 1.76. The minimum Gasteiger partial charge on any atom is -0.320 e. The van der Waals surface area contributed by atoms with E-state index in [0.717, 1.165) is 0 Å². The summed E-state index contributed by atoms with van der Waals surface area (Å²) in [5.41, 5.74) is 2.04. The van der Waals surface area contributed by atoms with Crippen LogP contribution in [-0.2, 0) is 9.59 Å². The smallest absolute Gasteiger partial charge is 0.276 e. The van der Waals surface area contributed by atoms with Crippen LogP contribution in [-0.4, -0.2) is 27.9 Å². The van der Waals surface area contributed by atoms with Gasteiger partial charge in [0.15, 0.2) is 10.9 Å². The predicted molar refractivity (Wildman–Crippen MR) is 100.0 cm³/mol. The van der Waals surface area contributed by atoms with Crippen molar-refractivity contribution in [3.8, 4) is 0 Å². The molecular weight excluding hydrogens is 355 g/mol. The van der Waals surface area contributed by atoms with E-state index in [1.165, 1.54) is 40.9 Å². The fourth-order valence-corrected chi connectivity index (χ4v) is 3.64. The maximum absolute atomic E-state index is 13.2. The van der Waals surface area contributed by atoms with E-state index >= 15 is 0 Å². The first-order valence-corrected chi connectivity index (χ1v) is 8.75. The topological polar surface area (TPSA) is 74.1 Å². The largest absolute Gasteiger partial charge is 0.320 e. The van der Waals surface area contributed by atoms with E-state index in [0.29, 0.717) is 22.1 Å². The van der Waals surface area contributed by atoms with Gasteiger partial charge >= 0.3 is 0 Å². The average Bonchev–Trinajstić information content (AvgIpc) is 3.10. The molecule has 26 heavy (non-hydrogen) atoms. The number of rotatable bonds is 2. The first kappa shape index (κ1) is 16.5. The molecule has 2 heterocycles. The van der Waals surface area contributed by atoms with Crippen LogP contribution in [0, 0.1) is 5.82 Å². The van der Waals surface area contributed by atoms with Gasteiger partial charge in [0, 0.05) is 5.56 Å². The van der Waals surface area contributed by atoms with Crippen molar-refractivity contribution in [2.45, 2.75) is 12.2 Å². The van der Waals surface area contributed by atoms with Gasteiger partial charge in [0.2, 0.25) is 5.91 Å². The summed E-state index contributed by atoms with van der Waals surface area (Å²) in [4.78, 5) is 26.0. The van der Waals surface area contributed by atoms with Gasteiger partial charge in [0.05, 0.1) is 16.6 Å². The number of para-hydroxylation sites is 1. The lowest BCUT2D eigenvalue weighted by atomic mass is 10.1. The molecule has 2 aliphatic rings. The van der Waals surface area contributed by atoms with Crippen molar-refractivity contribution >= 4 is 45.8 Å². The number of hydrogen-bond acceptors (Lipinski definition) is 5. The molecule has 4 rings (SSSR count). The second kappa shape index (κ2) is 6.38. The molecule has 0 spiro atoms. The second-order valence-electron chi connectivity index (χ2n) is 5.74. The second-order valence-corrected chi connectivity index (χ2v) is 7.05. The molecule has 0 aromatic heterocycles. The van der Waals surface area contributed by atoms with E-state index in [4.69, 9.17) is 0 Å². The number of benzene rings is 2. The highest BCUT2D eigenvalue weighted by Crippen LogP contribution is 2.32.